The van der Waals surface area contributed by atoms with Crippen molar-refractivity contribution in [3.8, 4) is 0 Å². The number of nitrogens with one attached hydrogen (secondary N) is 1. The van der Waals surface area contributed by atoms with Gasteiger partial charge in [-0.1, -0.05) is 6.08 Å². The van der Waals surface area contributed by atoms with Crippen LogP contribution in [0.2, 0.25) is 0 Å². The van der Waals surface area contributed by atoms with Gasteiger partial charge in [-0.05, 0) is 18.2 Å². The third-order valence-electron chi connectivity index (χ3n) is 2.62. The van der Waals surface area contributed by atoms with E-state index in [9.17, 15) is 0 Å². The average Bonchev–Trinajstić information content (AvgIpc) is 2.40. The SMILES string of the molecule is COC1=C(NO)C2=CC(C=C1)N(C)C=C2. The summed E-state index contributed by atoms with van der Waals surface area (Å²) in [5, 5.41) is 9.09. The molecule has 1 aliphatic carbocycles. The second-order valence-corrected chi connectivity index (χ2v) is 3.51. The molecular formula is C11H14N2O2. The van der Waals surface area contributed by atoms with E-state index < -0.39 is 0 Å². The molecule has 2 rings (SSSR count). The van der Waals surface area contributed by atoms with E-state index in [1.54, 1.807) is 7.11 Å². The zero-order valence-corrected chi connectivity index (χ0v) is 8.77. The number of methoxy groups -OCH3 is 1. The number of ether oxygens (including phenoxy) is 1. The Bertz CT molecular complexity index is 380. The standard InChI is InChI=1S/C11H14N2O2/c1-13-6-5-8-7-9(13)3-4-10(15-2)11(8)12-14/h3-7,9,12,14H,1-2H3. The van der Waals surface area contributed by atoms with Gasteiger partial charge in [-0.25, -0.2) is 0 Å². The highest BCUT2D eigenvalue weighted by atomic mass is 16.5. The summed E-state index contributed by atoms with van der Waals surface area (Å²) < 4.78 is 5.20. The molecular weight excluding hydrogens is 192 g/mol. The predicted molar refractivity (Wildman–Crippen MR) is 56.9 cm³/mol. The Labute approximate surface area is 88.8 Å². The van der Waals surface area contributed by atoms with Crippen molar-refractivity contribution in [3.63, 3.8) is 0 Å². The third kappa shape index (κ3) is 1.64. The zero-order chi connectivity index (χ0) is 10.8. The maximum absolute atomic E-state index is 9.09. The molecule has 15 heavy (non-hydrogen) atoms. The van der Waals surface area contributed by atoms with Crippen molar-refractivity contribution in [1.82, 2.24) is 10.4 Å². The Kier molecular flexibility index (Phi) is 2.51. The summed E-state index contributed by atoms with van der Waals surface area (Å²) in [5.74, 6) is 0.631. The molecule has 0 saturated carbocycles. The van der Waals surface area contributed by atoms with E-state index in [1.165, 1.54) is 0 Å². The molecule has 2 aliphatic rings. The largest absolute Gasteiger partial charge is 0.494 e. The lowest BCUT2D eigenvalue weighted by molar-refractivity contribution is 0.191. The topological polar surface area (TPSA) is 44.7 Å². The van der Waals surface area contributed by atoms with Gasteiger partial charge in [-0.2, -0.15) is 0 Å². The number of hydrogen-bond acceptors (Lipinski definition) is 4. The Morgan fingerprint density at radius 2 is 2.27 bits per heavy atom. The summed E-state index contributed by atoms with van der Waals surface area (Å²) in [5.41, 5.74) is 3.71. The van der Waals surface area contributed by atoms with E-state index >= 15 is 0 Å². The van der Waals surface area contributed by atoms with Crippen LogP contribution in [0.4, 0.5) is 0 Å². The van der Waals surface area contributed by atoms with Crippen molar-refractivity contribution < 1.29 is 9.94 Å². The highest BCUT2D eigenvalue weighted by Gasteiger charge is 2.19. The van der Waals surface area contributed by atoms with Crippen molar-refractivity contribution in [2.45, 2.75) is 6.04 Å². The normalized spacial score (nSPS) is 23.8. The molecule has 0 aromatic carbocycles. The predicted octanol–water partition coefficient (Wildman–Crippen LogP) is 1.15. The summed E-state index contributed by atoms with van der Waals surface area (Å²) in [6.07, 6.45) is 9.84. The molecule has 4 heteroatoms. The maximum Gasteiger partial charge on any atom is 0.144 e. The third-order valence-corrected chi connectivity index (χ3v) is 2.62. The van der Waals surface area contributed by atoms with Crippen LogP contribution >= 0.6 is 0 Å². The molecule has 0 aromatic heterocycles. The molecule has 2 N–H and O–H groups in total. The highest BCUT2D eigenvalue weighted by Crippen LogP contribution is 2.24. The summed E-state index contributed by atoms with van der Waals surface area (Å²) in [7, 11) is 3.59. The minimum absolute atomic E-state index is 0.209. The van der Waals surface area contributed by atoms with Crippen LogP contribution in [0.5, 0.6) is 0 Å². The first-order valence-corrected chi connectivity index (χ1v) is 4.75. The van der Waals surface area contributed by atoms with Crippen molar-refractivity contribution in [2.75, 3.05) is 14.2 Å². The fraction of sp³-hybridized carbons (Fsp3) is 0.273. The van der Waals surface area contributed by atoms with Crippen LogP contribution in [0.25, 0.3) is 0 Å². The van der Waals surface area contributed by atoms with Crippen molar-refractivity contribution >= 4 is 0 Å². The molecule has 0 spiro atoms. The number of hydrogen-bond donors (Lipinski definition) is 2. The van der Waals surface area contributed by atoms with Crippen LogP contribution < -0.4 is 5.48 Å². The molecule has 0 saturated heterocycles. The van der Waals surface area contributed by atoms with E-state index in [0.717, 1.165) is 5.57 Å². The van der Waals surface area contributed by atoms with Crippen LogP contribution in [-0.4, -0.2) is 30.3 Å². The minimum Gasteiger partial charge on any atom is -0.494 e. The monoisotopic (exact) mass is 206 g/mol. The van der Waals surface area contributed by atoms with Gasteiger partial charge in [0.1, 0.15) is 11.5 Å². The fourth-order valence-electron chi connectivity index (χ4n) is 1.71. The van der Waals surface area contributed by atoms with Gasteiger partial charge >= 0.3 is 0 Å². The van der Waals surface area contributed by atoms with Gasteiger partial charge in [0.05, 0.1) is 13.2 Å². The molecule has 0 aromatic rings. The van der Waals surface area contributed by atoms with E-state index in [1.807, 2.05) is 31.5 Å². The van der Waals surface area contributed by atoms with E-state index in [-0.39, 0.29) is 6.04 Å². The number of allylic oxidation sites excluding steroid dienone is 2. The van der Waals surface area contributed by atoms with Gasteiger partial charge in [-0.15, -0.1) is 0 Å². The van der Waals surface area contributed by atoms with Crippen LogP contribution in [-0.2, 0) is 4.74 Å². The zero-order valence-electron chi connectivity index (χ0n) is 8.77. The number of nitrogens with zero attached hydrogens (tertiary/aromatic N) is 1. The molecule has 2 bridgehead atoms. The van der Waals surface area contributed by atoms with Gasteiger partial charge in [0.25, 0.3) is 0 Å². The Balaban J connectivity index is 2.45. The van der Waals surface area contributed by atoms with Crippen LogP contribution in [0.3, 0.4) is 0 Å². The number of fused-ring (bicyclic) bond motifs is 1. The molecule has 1 heterocycles. The first-order chi connectivity index (χ1) is 7.26. The lowest BCUT2D eigenvalue weighted by Crippen LogP contribution is -2.26. The van der Waals surface area contributed by atoms with Gasteiger partial charge in [0, 0.05) is 18.8 Å². The number of rotatable bonds is 2. The average molecular weight is 206 g/mol. The second-order valence-electron chi connectivity index (χ2n) is 3.51. The van der Waals surface area contributed by atoms with Crippen LogP contribution in [0.1, 0.15) is 0 Å². The van der Waals surface area contributed by atoms with Gasteiger partial charge < -0.3 is 9.64 Å². The van der Waals surface area contributed by atoms with Crippen LogP contribution in [0, 0.1) is 0 Å². The van der Waals surface area contributed by atoms with Gasteiger partial charge in [0.2, 0.25) is 0 Å². The first-order valence-electron chi connectivity index (χ1n) is 4.75. The molecule has 0 radical (unpaired) electrons. The molecule has 80 valence electrons. The van der Waals surface area contributed by atoms with Crippen molar-refractivity contribution in [3.05, 3.63) is 47.5 Å². The summed E-state index contributed by atoms with van der Waals surface area (Å²) in [4.78, 5) is 2.08. The summed E-state index contributed by atoms with van der Waals surface area (Å²) in [6, 6.07) is 0.209. The van der Waals surface area contributed by atoms with Crippen molar-refractivity contribution in [2.24, 2.45) is 0 Å². The number of hydroxylamine groups is 1. The van der Waals surface area contributed by atoms with E-state index in [2.05, 4.69) is 16.5 Å². The Morgan fingerprint density at radius 3 is 2.93 bits per heavy atom. The van der Waals surface area contributed by atoms with E-state index in [0.29, 0.717) is 11.5 Å². The van der Waals surface area contributed by atoms with Crippen LogP contribution in [0.15, 0.2) is 47.5 Å². The van der Waals surface area contributed by atoms with Gasteiger partial charge in [-0.3, -0.25) is 10.7 Å². The maximum atomic E-state index is 9.09. The molecule has 4 nitrogen and oxygen atoms in total. The summed E-state index contributed by atoms with van der Waals surface area (Å²) in [6.45, 7) is 0. The van der Waals surface area contributed by atoms with Crippen molar-refractivity contribution in [1.29, 1.82) is 0 Å². The molecule has 0 fully saturated rings. The smallest absolute Gasteiger partial charge is 0.144 e. The highest BCUT2D eigenvalue weighted by molar-refractivity contribution is 5.48. The fourth-order valence-corrected chi connectivity index (χ4v) is 1.71. The quantitative estimate of drug-likeness (QED) is 0.665. The lowest BCUT2D eigenvalue weighted by atomic mass is 10.1. The summed E-state index contributed by atoms with van der Waals surface area (Å²) >= 11 is 0. The lowest BCUT2D eigenvalue weighted by Gasteiger charge is -2.24. The number of likely N-dealkylation sites (N-methyl/N-ethyl adjacent to an activating group) is 1. The second kappa shape index (κ2) is 3.82. The van der Waals surface area contributed by atoms with E-state index in [4.69, 9.17) is 9.94 Å². The van der Waals surface area contributed by atoms with Gasteiger partial charge in [0.15, 0.2) is 0 Å². The molecule has 0 amide bonds. The molecule has 1 atom stereocenters. The molecule has 1 unspecified atom stereocenters. The Morgan fingerprint density at radius 1 is 1.47 bits per heavy atom. The molecule has 1 aliphatic heterocycles. The Hall–Kier alpha value is -1.68. The first kappa shape index (κ1) is 9.86. The minimum atomic E-state index is 0.209.